The third-order valence-corrected chi connectivity index (χ3v) is 3.38. The molecule has 0 fully saturated rings. The molecule has 0 aliphatic rings. The molecule has 0 atom stereocenters. The monoisotopic (exact) mass is 271 g/mol. The molecule has 1 aromatic heterocycles. The van der Waals surface area contributed by atoms with Gasteiger partial charge in [0, 0.05) is 33.3 Å². The van der Waals surface area contributed by atoms with Gasteiger partial charge in [0.2, 0.25) is 0 Å². The predicted octanol–water partition coefficient (Wildman–Crippen LogP) is 4.39. The second-order valence-electron chi connectivity index (χ2n) is 3.74. The van der Waals surface area contributed by atoms with Crippen molar-refractivity contribution >= 4 is 26.7 Å². The Morgan fingerprint density at radius 1 is 0.812 bits per heavy atom. The Morgan fingerprint density at radius 2 is 1.62 bits per heavy atom. The van der Waals surface area contributed by atoms with Crippen LogP contribution in [0.3, 0.4) is 0 Å². The van der Waals surface area contributed by atoms with Gasteiger partial charge in [-0.05, 0) is 18.2 Å². The molecule has 0 bridgehead atoms. The van der Waals surface area contributed by atoms with Crippen LogP contribution in [-0.4, -0.2) is 4.57 Å². The van der Waals surface area contributed by atoms with Crippen LogP contribution in [0.5, 0.6) is 0 Å². The number of halogens is 1. The molecule has 0 N–H and O–H groups in total. The van der Waals surface area contributed by atoms with Crippen molar-refractivity contribution in [1.82, 2.24) is 4.57 Å². The third kappa shape index (κ3) is 1.55. The van der Waals surface area contributed by atoms with Crippen LogP contribution in [0.1, 0.15) is 0 Å². The fraction of sp³-hybridized carbons (Fsp3) is 0. The van der Waals surface area contributed by atoms with E-state index < -0.39 is 0 Å². The molecular formula is C14H10BrN. The lowest BCUT2D eigenvalue weighted by atomic mass is 10.2. The van der Waals surface area contributed by atoms with E-state index in [4.69, 9.17) is 0 Å². The van der Waals surface area contributed by atoms with E-state index in [0.29, 0.717) is 0 Å². The summed E-state index contributed by atoms with van der Waals surface area (Å²) in [5.41, 5.74) is 1.19. The number of rotatable bonds is 1. The maximum absolute atomic E-state index is 3.57. The lowest BCUT2D eigenvalue weighted by Gasteiger charge is -2.00. The maximum Gasteiger partial charge on any atom is 0.0449 e. The summed E-state index contributed by atoms with van der Waals surface area (Å²) in [7, 11) is 0. The molecule has 0 radical (unpaired) electrons. The number of nitrogens with zero attached hydrogens (tertiary/aromatic N) is 1. The molecule has 0 aliphatic carbocycles. The van der Waals surface area contributed by atoms with Gasteiger partial charge in [0.1, 0.15) is 0 Å². The molecule has 2 heteroatoms. The molecule has 0 spiro atoms. The van der Waals surface area contributed by atoms with Gasteiger partial charge in [-0.2, -0.15) is 0 Å². The highest BCUT2D eigenvalue weighted by atomic mass is 79.9. The SMILES string of the molecule is Brc1cccc2cn(-c3ccccc3)cc12. The standard InChI is InChI=1S/C14H10BrN/c15-14-8-4-5-11-9-16(10-13(11)14)12-6-2-1-3-7-12/h1-10H. The van der Waals surface area contributed by atoms with Crippen LogP contribution >= 0.6 is 15.9 Å². The van der Waals surface area contributed by atoms with Crippen LogP contribution in [0.15, 0.2) is 65.4 Å². The first-order valence-corrected chi connectivity index (χ1v) is 5.95. The Balaban J connectivity index is 2.23. The van der Waals surface area contributed by atoms with Crippen molar-refractivity contribution in [2.45, 2.75) is 0 Å². The highest BCUT2D eigenvalue weighted by Crippen LogP contribution is 2.26. The summed E-state index contributed by atoms with van der Waals surface area (Å²) in [6.45, 7) is 0. The van der Waals surface area contributed by atoms with E-state index in [1.165, 1.54) is 16.5 Å². The smallest absolute Gasteiger partial charge is 0.0449 e. The Bertz CT molecular complexity index is 626. The number of fused-ring (bicyclic) bond motifs is 1. The average Bonchev–Trinajstić information content (AvgIpc) is 2.76. The van der Waals surface area contributed by atoms with Crippen molar-refractivity contribution in [2.75, 3.05) is 0 Å². The second kappa shape index (κ2) is 3.80. The quantitative estimate of drug-likeness (QED) is 0.619. The van der Waals surface area contributed by atoms with Crippen molar-refractivity contribution in [3.8, 4) is 5.69 Å². The fourth-order valence-electron chi connectivity index (χ4n) is 1.88. The minimum absolute atomic E-state index is 1.14. The Morgan fingerprint density at radius 3 is 2.38 bits per heavy atom. The van der Waals surface area contributed by atoms with E-state index in [0.717, 1.165) is 4.47 Å². The summed E-state index contributed by atoms with van der Waals surface area (Å²) in [5, 5.41) is 2.49. The molecule has 0 aliphatic heterocycles. The molecule has 78 valence electrons. The first-order valence-electron chi connectivity index (χ1n) is 5.16. The zero-order valence-electron chi connectivity index (χ0n) is 8.60. The maximum atomic E-state index is 3.57. The lowest BCUT2D eigenvalue weighted by molar-refractivity contribution is 1.09. The van der Waals surface area contributed by atoms with Gasteiger partial charge in [-0.1, -0.05) is 46.3 Å². The van der Waals surface area contributed by atoms with Crippen LogP contribution in [0.25, 0.3) is 16.5 Å². The Hall–Kier alpha value is -1.54. The van der Waals surface area contributed by atoms with Gasteiger partial charge in [-0.15, -0.1) is 0 Å². The normalized spacial score (nSPS) is 10.8. The van der Waals surface area contributed by atoms with Crippen LogP contribution < -0.4 is 0 Å². The molecule has 1 heterocycles. The molecule has 3 rings (SSSR count). The van der Waals surface area contributed by atoms with Crippen molar-refractivity contribution in [3.63, 3.8) is 0 Å². The van der Waals surface area contributed by atoms with Crippen molar-refractivity contribution < 1.29 is 0 Å². The third-order valence-electron chi connectivity index (χ3n) is 2.69. The predicted molar refractivity (Wildman–Crippen MR) is 71.0 cm³/mol. The van der Waals surface area contributed by atoms with Crippen LogP contribution in [0, 0.1) is 0 Å². The molecular weight excluding hydrogens is 262 g/mol. The molecule has 3 aromatic rings. The van der Waals surface area contributed by atoms with Crippen LogP contribution in [0.2, 0.25) is 0 Å². The van der Waals surface area contributed by atoms with Crippen molar-refractivity contribution in [2.24, 2.45) is 0 Å². The Labute approximate surface area is 102 Å². The number of benzene rings is 2. The van der Waals surface area contributed by atoms with Gasteiger partial charge in [0.05, 0.1) is 0 Å². The first-order chi connectivity index (χ1) is 7.84. The highest BCUT2D eigenvalue weighted by Gasteiger charge is 2.02. The van der Waals surface area contributed by atoms with Gasteiger partial charge in [-0.25, -0.2) is 0 Å². The Kier molecular flexibility index (Phi) is 2.29. The van der Waals surface area contributed by atoms with Crippen molar-refractivity contribution in [1.29, 1.82) is 0 Å². The molecule has 0 amide bonds. The molecule has 16 heavy (non-hydrogen) atoms. The molecule has 0 saturated heterocycles. The number of hydrogen-bond acceptors (Lipinski definition) is 0. The zero-order valence-corrected chi connectivity index (χ0v) is 10.2. The fourth-order valence-corrected chi connectivity index (χ4v) is 2.36. The summed E-state index contributed by atoms with van der Waals surface area (Å²) in [4.78, 5) is 0. The van der Waals surface area contributed by atoms with Crippen molar-refractivity contribution in [3.05, 3.63) is 65.4 Å². The van der Waals surface area contributed by atoms with Crippen LogP contribution in [0.4, 0.5) is 0 Å². The van der Waals surface area contributed by atoms with E-state index >= 15 is 0 Å². The van der Waals surface area contributed by atoms with Gasteiger partial charge in [-0.3, -0.25) is 0 Å². The van der Waals surface area contributed by atoms with Crippen LogP contribution in [-0.2, 0) is 0 Å². The molecule has 0 saturated carbocycles. The van der Waals surface area contributed by atoms with Gasteiger partial charge < -0.3 is 4.57 Å². The molecule has 1 nitrogen and oxygen atoms in total. The highest BCUT2D eigenvalue weighted by molar-refractivity contribution is 9.10. The summed E-state index contributed by atoms with van der Waals surface area (Å²) in [6.07, 6.45) is 4.30. The van der Waals surface area contributed by atoms with E-state index in [-0.39, 0.29) is 0 Å². The van der Waals surface area contributed by atoms with E-state index in [2.05, 4.69) is 75.4 Å². The first kappa shape index (κ1) is 9.67. The minimum atomic E-state index is 1.14. The summed E-state index contributed by atoms with van der Waals surface area (Å²) >= 11 is 3.57. The average molecular weight is 272 g/mol. The van der Waals surface area contributed by atoms with Gasteiger partial charge >= 0.3 is 0 Å². The van der Waals surface area contributed by atoms with E-state index in [9.17, 15) is 0 Å². The van der Waals surface area contributed by atoms with Gasteiger partial charge in [0.15, 0.2) is 0 Å². The summed E-state index contributed by atoms with van der Waals surface area (Å²) in [6, 6.07) is 16.6. The number of para-hydroxylation sites is 1. The second-order valence-corrected chi connectivity index (χ2v) is 4.60. The molecule has 2 aromatic carbocycles. The van der Waals surface area contributed by atoms with E-state index in [1.807, 2.05) is 6.07 Å². The minimum Gasteiger partial charge on any atom is -0.323 e. The topological polar surface area (TPSA) is 4.93 Å². The number of aromatic nitrogens is 1. The molecule has 0 unspecified atom stereocenters. The summed E-state index contributed by atoms with van der Waals surface area (Å²) < 4.78 is 3.29. The summed E-state index contributed by atoms with van der Waals surface area (Å²) in [5.74, 6) is 0. The van der Waals surface area contributed by atoms with Gasteiger partial charge in [0.25, 0.3) is 0 Å². The zero-order chi connectivity index (χ0) is 11.0. The lowest BCUT2D eigenvalue weighted by Crippen LogP contribution is -1.87. The number of hydrogen-bond donors (Lipinski definition) is 0. The van der Waals surface area contributed by atoms with E-state index in [1.54, 1.807) is 0 Å². The largest absolute Gasteiger partial charge is 0.323 e.